The van der Waals surface area contributed by atoms with Crippen molar-refractivity contribution >= 4 is 5.78 Å². The van der Waals surface area contributed by atoms with Gasteiger partial charge in [-0.3, -0.25) is 4.79 Å². The molecular formula is C13H22O3. The van der Waals surface area contributed by atoms with Gasteiger partial charge in [-0.2, -0.15) is 0 Å². The summed E-state index contributed by atoms with van der Waals surface area (Å²) in [6.07, 6.45) is 3.39. The Morgan fingerprint density at radius 2 is 2.06 bits per heavy atom. The normalized spacial score (nSPS) is 43.4. The van der Waals surface area contributed by atoms with Gasteiger partial charge in [0.1, 0.15) is 5.60 Å². The summed E-state index contributed by atoms with van der Waals surface area (Å²) < 4.78 is 5.89. The number of aliphatic hydroxyl groups is 1. The summed E-state index contributed by atoms with van der Waals surface area (Å²) in [5.41, 5.74) is -1.04. The standard InChI is InChI=1S/C13H22O3/c1-9(14)12-7-5-6-10(12)8-13(15,16-12)11(2,3)4/h10,15H,5-8H2,1-4H3/t10-,12+,13-/m0/s1. The first-order valence-corrected chi connectivity index (χ1v) is 6.15. The number of fused-ring (bicyclic) bond motifs is 1. The van der Waals surface area contributed by atoms with Crippen LogP contribution in [0, 0.1) is 11.3 Å². The lowest BCUT2D eigenvalue weighted by Gasteiger charge is -2.38. The van der Waals surface area contributed by atoms with Crippen molar-refractivity contribution in [2.45, 2.75) is 64.8 Å². The van der Waals surface area contributed by atoms with Gasteiger partial charge in [0, 0.05) is 17.8 Å². The zero-order chi connectivity index (χ0) is 12.2. The molecule has 1 saturated heterocycles. The first kappa shape index (κ1) is 12.1. The maximum absolute atomic E-state index is 11.8. The van der Waals surface area contributed by atoms with Crippen molar-refractivity contribution in [3.05, 3.63) is 0 Å². The minimum atomic E-state index is -1.15. The summed E-state index contributed by atoms with van der Waals surface area (Å²) >= 11 is 0. The van der Waals surface area contributed by atoms with Gasteiger partial charge in [0.25, 0.3) is 0 Å². The maximum atomic E-state index is 11.8. The number of hydrogen-bond acceptors (Lipinski definition) is 3. The average molecular weight is 226 g/mol. The molecule has 3 heteroatoms. The molecule has 1 heterocycles. The largest absolute Gasteiger partial charge is 0.365 e. The zero-order valence-corrected chi connectivity index (χ0v) is 10.7. The fourth-order valence-corrected chi connectivity index (χ4v) is 3.12. The number of ketones is 1. The second-order valence-electron chi connectivity index (χ2n) is 6.38. The Morgan fingerprint density at radius 1 is 1.44 bits per heavy atom. The molecule has 1 saturated carbocycles. The van der Waals surface area contributed by atoms with Crippen molar-refractivity contribution in [3.63, 3.8) is 0 Å². The molecule has 0 aromatic carbocycles. The van der Waals surface area contributed by atoms with Crippen LogP contribution >= 0.6 is 0 Å². The summed E-state index contributed by atoms with van der Waals surface area (Å²) in [5, 5.41) is 10.6. The van der Waals surface area contributed by atoms with Crippen molar-refractivity contribution in [1.82, 2.24) is 0 Å². The third kappa shape index (κ3) is 1.45. The lowest BCUT2D eigenvalue weighted by Crippen LogP contribution is -2.47. The number of Topliss-reactive ketones (excluding diaryl/α,β-unsaturated/α-hetero) is 1. The van der Waals surface area contributed by atoms with Gasteiger partial charge in [-0.15, -0.1) is 0 Å². The van der Waals surface area contributed by atoms with E-state index in [2.05, 4.69) is 0 Å². The Morgan fingerprint density at radius 3 is 2.50 bits per heavy atom. The molecule has 1 aliphatic carbocycles. The number of rotatable bonds is 1. The lowest BCUT2D eigenvalue weighted by molar-refractivity contribution is -0.268. The molecule has 2 rings (SSSR count). The van der Waals surface area contributed by atoms with E-state index in [1.165, 1.54) is 0 Å². The summed E-state index contributed by atoms with van der Waals surface area (Å²) in [6.45, 7) is 7.47. The molecule has 0 aromatic rings. The van der Waals surface area contributed by atoms with Crippen LogP contribution in [0.3, 0.4) is 0 Å². The van der Waals surface area contributed by atoms with E-state index in [0.29, 0.717) is 6.42 Å². The van der Waals surface area contributed by atoms with Gasteiger partial charge in [-0.1, -0.05) is 20.8 Å². The molecule has 92 valence electrons. The summed E-state index contributed by atoms with van der Waals surface area (Å²) in [6, 6.07) is 0. The third-order valence-electron chi connectivity index (χ3n) is 4.40. The minimum Gasteiger partial charge on any atom is -0.365 e. The molecule has 0 radical (unpaired) electrons. The SMILES string of the molecule is CC(=O)[C@]12CCC[C@H]1C[C@@](O)(C(C)(C)C)O2. The average Bonchev–Trinajstić information content (AvgIpc) is 2.57. The van der Waals surface area contributed by atoms with Crippen LogP contribution in [0.25, 0.3) is 0 Å². The molecule has 0 unspecified atom stereocenters. The minimum absolute atomic E-state index is 0.0789. The quantitative estimate of drug-likeness (QED) is 0.746. The van der Waals surface area contributed by atoms with Crippen molar-refractivity contribution < 1.29 is 14.6 Å². The van der Waals surface area contributed by atoms with Gasteiger partial charge < -0.3 is 9.84 Å². The summed E-state index contributed by atoms with van der Waals surface area (Å²) in [7, 11) is 0. The summed E-state index contributed by atoms with van der Waals surface area (Å²) in [5.74, 6) is -0.867. The van der Waals surface area contributed by atoms with Gasteiger partial charge in [-0.25, -0.2) is 0 Å². The molecule has 0 amide bonds. The van der Waals surface area contributed by atoms with Crippen LogP contribution in [0.2, 0.25) is 0 Å². The van der Waals surface area contributed by atoms with Gasteiger partial charge in [-0.05, 0) is 26.2 Å². The van der Waals surface area contributed by atoms with Crippen molar-refractivity contribution in [2.24, 2.45) is 11.3 Å². The monoisotopic (exact) mass is 226 g/mol. The highest BCUT2D eigenvalue weighted by atomic mass is 16.7. The molecule has 0 bridgehead atoms. The van der Waals surface area contributed by atoms with E-state index in [9.17, 15) is 9.90 Å². The van der Waals surface area contributed by atoms with Crippen LogP contribution in [0.5, 0.6) is 0 Å². The fraction of sp³-hybridized carbons (Fsp3) is 0.923. The predicted molar refractivity (Wildman–Crippen MR) is 60.9 cm³/mol. The highest BCUT2D eigenvalue weighted by molar-refractivity contribution is 5.86. The van der Waals surface area contributed by atoms with Gasteiger partial charge in [0.2, 0.25) is 0 Å². The second-order valence-corrected chi connectivity index (χ2v) is 6.38. The van der Waals surface area contributed by atoms with E-state index >= 15 is 0 Å². The smallest absolute Gasteiger partial charge is 0.172 e. The van der Waals surface area contributed by atoms with Crippen LogP contribution in [-0.2, 0) is 9.53 Å². The van der Waals surface area contributed by atoms with Gasteiger partial charge in [0.05, 0.1) is 0 Å². The van der Waals surface area contributed by atoms with E-state index in [1.807, 2.05) is 20.8 Å². The number of carbonyl (C=O) groups is 1. The number of ether oxygens (including phenoxy) is 1. The molecule has 0 spiro atoms. The molecule has 3 atom stereocenters. The van der Waals surface area contributed by atoms with E-state index in [-0.39, 0.29) is 17.1 Å². The van der Waals surface area contributed by atoms with E-state index in [4.69, 9.17) is 4.74 Å². The van der Waals surface area contributed by atoms with Crippen LogP contribution in [0.4, 0.5) is 0 Å². The fourth-order valence-electron chi connectivity index (χ4n) is 3.12. The van der Waals surface area contributed by atoms with Gasteiger partial charge in [0.15, 0.2) is 11.6 Å². The lowest BCUT2D eigenvalue weighted by atomic mass is 9.79. The van der Waals surface area contributed by atoms with Crippen molar-refractivity contribution in [2.75, 3.05) is 0 Å². The topological polar surface area (TPSA) is 46.5 Å². The van der Waals surface area contributed by atoms with Crippen molar-refractivity contribution in [3.8, 4) is 0 Å². The Balaban J connectivity index is 2.33. The first-order chi connectivity index (χ1) is 7.21. The van der Waals surface area contributed by atoms with Crippen molar-refractivity contribution in [1.29, 1.82) is 0 Å². The van der Waals surface area contributed by atoms with Gasteiger partial charge >= 0.3 is 0 Å². The number of carbonyl (C=O) groups excluding carboxylic acids is 1. The first-order valence-electron chi connectivity index (χ1n) is 6.15. The Hall–Kier alpha value is -0.410. The Bertz CT molecular complexity index is 318. The Labute approximate surface area is 97.2 Å². The molecule has 2 aliphatic rings. The molecule has 3 nitrogen and oxygen atoms in total. The molecule has 0 aromatic heterocycles. The predicted octanol–water partition coefficient (Wildman–Crippen LogP) is 2.27. The highest BCUT2D eigenvalue weighted by Crippen LogP contribution is 2.56. The van der Waals surface area contributed by atoms with E-state index in [0.717, 1.165) is 19.3 Å². The summed E-state index contributed by atoms with van der Waals surface area (Å²) in [4.78, 5) is 11.8. The highest BCUT2D eigenvalue weighted by Gasteiger charge is 2.63. The van der Waals surface area contributed by atoms with Crippen LogP contribution in [-0.4, -0.2) is 22.3 Å². The molecule has 16 heavy (non-hydrogen) atoms. The number of hydrogen-bond donors (Lipinski definition) is 1. The second kappa shape index (κ2) is 3.30. The molecule has 1 aliphatic heterocycles. The molecule has 2 fully saturated rings. The van der Waals surface area contributed by atoms with E-state index in [1.54, 1.807) is 6.92 Å². The van der Waals surface area contributed by atoms with E-state index < -0.39 is 11.4 Å². The van der Waals surface area contributed by atoms with Crippen LogP contribution < -0.4 is 0 Å². The van der Waals surface area contributed by atoms with Crippen LogP contribution in [0.15, 0.2) is 0 Å². The maximum Gasteiger partial charge on any atom is 0.172 e. The third-order valence-corrected chi connectivity index (χ3v) is 4.40. The molecule has 1 N–H and O–H groups in total. The van der Waals surface area contributed by atoms with Crippen LogP contribution in [0.1, 0.15) is 53.4 Å². The zero-order valence-electron chi connectivity index (χ0n) is 10.7. The molecular weight excluding hydrogens is 204 g/mol. The Kier molecular flexibility index (Phi) is 2.48.